The number of methoxy groups -OCH3 is 2. The highest BCUT2D eigenvalue weighted by atomic mass is 35.5. The lowest BCUT2D eigenvalue weighted by atomic mass is 9.95. The number of ether oxygens (including phenoxy) is 4. The Bertz CT molecular complexity index is 4200. The molecule has 2 aliphatic heterocycles. The van der Waals surface area contributed by atoms with Crippen molar-refractivity contribution in [2.24, 2.45) is 0 Å². The second kappa shape index (κ2) is 28.9. The van der Waals surface area contributed by atoms with Crippen molar-refractivity contribution in [3.8, 4) is 11.5 Å². The van der Waals surface area contributed by atoms with E-state index in [1.165, 1.54) is 36.4 Å². The second-order valence-corrected chi connectivity index (χ2v) is 22.3. The molecule has 40 heteroatoms. The number of carbonyl (C=O) groups is 6. The highest BCUT2D eigenvalue weighted by Gasteiger charge is 2.46. The Hall–Kier alpha value is -10.1. The van der Waals surface area contributed by atoms with Crippen LogP contribution in [-0.2, 0) is 72.6 Å². The molecule has 30 nitrogen and oxygen atoms in total. The van der Waals surface area contributed by atoms with Gasteiger partial charge in [-0.1, -0.05) is 18.2 Å². The summed E-state index contributed by atoms with van der Waals surface area (Å²) in [4.78, 5) is 137. The summed E-state index contributed by atoms with van der Waals surface area (Å²) in [6.07, 6.45) is -8.45. The van der Waals surface area contributed by atoms with E-state index in [1.54, 1.807) is 0 Å². The maximum Gasteiger partial charge on any atom is 0.432 e. The molecule has 506 valence electrons. The molecule has 96 heavy (non-hydrogen) atoms. The van der Waals surface area contributed by atoms with Crippen LogP contribution in [0.3, 0.4) is 0 Å². The number of hydrogen-bond donors (Lipinski definition) is 6. The predicted octanol–water partition coefficient (Wildman–Crippen LogP) is 11.7. The predicted molar refractivity (Wildman–Crippen MR) is 325 cm³/mol. The Kier molecular flexibility index (Phi) is 21.1. The number of aromatic nitrogens is 2. The third-order valence-corrected chi connectivity index (χ3v) is 15.7. The smallest absolute Gasteiger partial charge is 0.432 e. The Morgan fingerprint density at radius 3 is 1.35 bits per heavy atom. The molecule has 0 bridgehead atoms. The Balaban J connectivity index is 0.995. The van der Waals surface area contributed by atoms with Gasteiger partial charge in [-0.3, -0.25) is 49.6 Å². The molecule has 7 aromatic rings. The van der Waals surface area contributed by atoms with Gasteiger partial charge in [0, 0.05) is 71.7 Å². The molecule has 4 heterocycles. The molecule has 0 aliphatic carbocycles. The number of benzene rings is 5. The van der Waals surface area contributed by atoms with Gasteiger partial charge in [-0.05, 0) is 88.0 Å². The van der Waals surface area contributed by atoms with Gasteiger partial charge in [-0.25, -0.2) is 19.2 Å². The number of nitrogens with one attached hydrogen (secondary N) is 4. The molecule has 4 atom stereocenters. The summed E-state index contributed by atoms with van der Waals surface area (Å²) in [6, 6.07) is 14.2. The van der Waals surface area contributed by atoms with Gasteiger partial charge in [0.1, 0.15) is 24.6 Å². The molecule has 9 rings (SSSR count). The molecule has 2 aliphatic rings. The number of nitrogens with zero attached hydrogens (tertiary/aromatic N) is 4. The minimum atomic E-state index is -5.25. The average Bonchev–Trinajstić information content (AvgIpc) is 1.57. The van der Waals surface area contributed by atoms with Gasteiger partial charge in [0.15, 0.2) is 0 Å². The summed E-state index contributed by atoms with van der Waals surface area (Å²) in [5, 5.41) is 26.7. The zero-order valence-corrected chi connectivity index (χ0v) is 52.0. The lowest BCUT2D eigenvalue weighted by molar-refractivity contribution is -0.387. The minimum Gasteiger partial charge on any atom is -0.465 e. The SMILES string of the molecule is COC(=O)c1c(C(F)(F)F)[nH]c2c(NC(=O)OCc3ccc([N+](=O)[O-])c(OO[PH](=O)O)c3)cc3c(c12)C(CCl)CN3C(=O)/C=C/c1cccc(/C=C/C(=O)N2CC(CCl)c3c2cc(NC(=O)OCc2ccc([N+](=O)[O-])c(OO[PH](=O)O)c2)c2[nH]c(C(F)(F)F)c(C(=O)OC)c32)c1. The summed E-state index contributed by atoms with van der Waals surface area (Å²) in [5.74, 6) is -8.51. The fourth-order valence-electron chi connectivity index (χ4n) is 10.5. The molecular formula is C56H44Cl2F6N8O22P2. The summed E-state index contributed by atoms with van der Waals surface area (Å²) < 4.78 is 139. The van der Waals surface area contributed by atoms with Crippen LogP contribution in [0, 0.1) is 20.2 Å². The van der Waals surface area contributed by atoms with Crippen LogP contribution < -0.4 is 30.2 Å². The van der Waals surface area contributed by atoms with E-state index in [2.05, 4.69) is 39.7 Å². The summed E-state index contributed by atoms with van der Waals surface area (Å²) >= 11 is 12.8. The molecule has 0 fully saturated rings. The quantitative estimate of drug-likeness (QED) is 0.00422. The number of H-pyrrole nitrogens is 2. The average molecular weight is 1430 g/mol. The van der Waals surface area contributed by atoms with Crippen LogP contribution >= 0.6 is 39.7 Å². The van der Waals surface area contributed by atoms with Gasteiger partial charge in [0.2, 0.25) is 11.5 Å². The van der Waals surface area contributed by atoms with Gasteiger partial charge in [-0.15, -0.1) is 32.6 Å². The van der Waals surface area contributed by atoms with Gasteiger partial charge < -0.3 is 58.3 Å². The van der Waals surface area contributed by atoms with Crippen molar-refractivity contribution in [1.29, 1.82) is 0 Å². The lowest BCUT2D eigenvalue weighted by Crippen LogP contribution is -2.28. The number of esters is 2. The minimum absolute atomic E-state index is 0.0240. The first-order valence-corrected chi connectivity index (χ1v) is 30.6. The van der Waals surface area contributed by atoms with Crippen LogP contribution in [0.1, 0.15) is 77.3 Å². The van der Waals surface area contributed by atoms with Crippen LogP contribution in [0.25, 0.3) is 34.0 Å². The number of anilines is 4. The molecule has 6 N–H and O–H groups in total. The van der Waals surface area contributed by atoms with Gasteiger partial charge in [-0.2, -0.15) is 26.3 Å². The number of nitro groups is 2. The summed E-state index contributed by atoms with van der Waals surface area (Å²) in [7, 11) is -5.86. The van der Waals surface area contributed by atoms with Crippen LogP contribution in [0.2, 0.25) is 0 Å². The highest BCUT2D eigenvalue weighted by molar-refractivity contribution is 7.32. The van der Waals surface area contributed by atoms with E-state index in [0.717, 1.165) is 84.7 Å². The Labute approximate surface area is 543 Å². The van der Waals surface area contributed by atoms with Crippen molar-refractivity contribution in [2.45, 2.75) is 37.4 Å². The Morgan fingerprint density at radius 2 is 1.02 bits per heavy atom. The van der Waals surface area contributed by atoms with E-state index in [9.17, 15) is 84.5 Å². The van der Waals surface area contributed by atoms with Crippen molar-refractivity contribution in [3.63, 3.8) is 0 Å². The third kappa shape index (κ3) is 15.0. The fraction of sp³-hybridized carbons (Fsp3) is 0.214. The number of carbonyl (C=O) groups excluding carboxylic acids is 6. The zero-order chi connectivity index (χ0) is 69.8. The molecule has 0 spiro atoms. The van der Waals surface area contributed by atoms with Crippen LogP contribution in [0.4, 0.5) is 70.1 Å². The van der Waals surface area contributed by atoms with Crippen molar-refractivity contribution < 1.29 is 122 Å². The molecule has 4 amide bonds. The number of alkyl halides is 8. The fourth-order valence-corrected chi connectivity index (χ4v) is 11.4. The standard InChI is InChI=1S/C56H44Cl2F6N8O22P2/c1-87-51(75)45-43-41-29(19-57)21-69(35(41)17-31(47(43)67-49(45)55(59,60)61)65-53(77)89-23-27-6-10-33(71(79)80)37(15-27)91-93-95(83)84)39(73)12-8-25-4-3-5-26(14-25)9-13-40(74)70-22-30(20-58)42-36(70)18-32(48-44(42)46(52(76)88-2)50(68-48)56(62,63)64)66-54(78)90-24-28-7-11-34(72(81)82)38(16-28)92-94-96(85)86/h3-18,29-30,67-68,95-96H,19-24H2,1-2H3,(H,65,77)(H,66,78)(H,83,84)(H,85,86)/b12-8+,13-9+. The largest absolute Gasteiger partial charge is 0.465 e. The van der Waals surface area contributed by atoms with Gasteiger partial charge >= 0.3 is 64.4 Å². The first kappa shape index (κ1) is 70.3. The number of nitro benzene ring substituents is 2. The number of aromatic amines is 2. The van der Waals surface area contributed by atoms with E-state index in [-0.39, 0.29) is 58.5 Å². The van der Waals surface area contributed by atoms with E-state index in [1.807, 2.05) is 0 Å². The Morgan fingerprint density at radius 1 is 0.635 bits per heavy atom. The number of amides is 4. The van der Waals surface area contributed by atoms with E-state index >= 15 is 0 Å². The highest BCUT2D eigenvalue weighted by Crippen LogP contribution is 2.51. The molecule has 0 saturated heterocycles. The molecule has 4 unspecified atom stereocenters. The number of hydrogen-bond acceptors (Lipinski definition) is 20. The van der Waals surface area contributed by atoms with Crippen molar-refractivity contribution >= 4 is 144 Å². The van der Waals surface area contributed by atoms with E-state index < -0.39 is 178 Å². The van der Waals surface area contributed by atoms with Crippen LogP contribution in [0.15, 0.2) is 84.9 Å². The molecule has 0 radical (unpaired) electrons. The first-order chi connectivity index (χ1) is 45.5. The van der Waals surface area contributed by atoms with Crippen molar-refractivity contribution in [1.82, 2.24) is 9.97 Å². The molecular weight excluding hydrogens is 1380 g/mol. The van der Waals surface area contributed by atoms with Crippen LogP contribution in [-0.4, -0.2) is 105 Å². The number of halogens is 8. The van der Waals surface area contributed by atoms with E-state index in [0.29, 0.717) is 11.1 Å². The summed E-state index contributed by atoms with van der Waals surface area (Å²) in [5.41, 5.74) is -8.36. The van der Waals surface area contributed by atoms with Gasteiger partial charge in [0.05, 0.1) is 69.0 Å². The maximum absolute atomic E-state index is 14.8. The normalized spacial score (nSPS) is 15.1. The lowest BCUT2D eigenvalue weighted by Gasteiger charge is -2.18. The van der Waals surface area contributed by atoms with E-state index in [4.69, 9.17) is 51.9 Å². The molecule has 2 aromatic heterocycles. The van der Waals surface area contributed by atoms with Crippen molar-refractivity contribution in [3.05, 3.63) is 161 Å². The van der Waals surface area contributed by atoms with Crippen molar-refractivity contribution in [2.75, 3.05) is 59.5 Å². The monoisotopic (exact) mass is 1430 g/mol. The zero-order valence-electron chi connectivity index (χ0n) is 48.5. The molecule has 5 aromatic carbocycles. The van der Waals surface area contributed by atoms with Gasteiger partial charge in [0.25, 0.3) is 11.8 Å². The summed E-state index contributed by atoms with van der Waals surface area (Å²) in [6.45, 7) is -2.01. The second-order valence-electron chi connectivity index (χ2n) is 20.3. The number of rotatable bonds is 22. The molecule has 0 saturated carbocycles. The maximum atomic E-state index is 14.8. The van der Waals surface area contributed by atoms with Crippen LogP contribution in [0.5, 0.6) is 11.5 Å². The first-order valence-electron chi connectivity index (χ1n) is 27.0. The topological polar surface area (TPSA) is 399 Å². The third-order valence-electron chi connectivity index (χ3n) is 14.5. The number of fused-ring (bicyclic) bond motifs is 6.